The highest BCUT2D eigenvalue weighted by Gasteiger charge is 2.08. The van der Waals surface area contributed by atoms with Crippen LogP contribution in [-0.2, 0) is 0 Å². The number of hydrogen-bond acceptors (Lipinski definition) is 5. The van der Waals surface area contributed by atoms with Crippen molar-refractivity contribution >= 4 is 51.1 Å². The minimum atomic E-state index is 0.419. The maximum absolute atomic E-state index is 5.50. The Morgan fingerprint density at radius 2 is 1.50 bits per heavy atom. The summed E-state index contributed by atoms with van der Waals surface area (Å²) in [5, 5.41) is 26.8. The van der Waals surface area contributed by atoms with E-state index in [1.807, 2.05) is 84.9 Å². The second kappa shape index (κ2) is 8.83. The van der Waals surface area contributed by atoms with Gasteiger partial charge in [0.15, 0.2) is 10.9 Å². The number of nitrogens with one attached hydrogen (secondary N) is 4. The molecule has 8 heteroatoms. The number of nitrogens with zero attached hydrogens (tertiary/aromatic N) is 3. The molecule has 0 unspecified atom stereocenters. The fourth-order valence-electron chi connectivity index (χ4n) is 3.36. The highest BCUT2D eigenvalue weighted by molar-refractivity contribution is 7.80. The average molecular weight is 438 g/mol. The number of H-pyrrole nitrogens is 1. The zero-order valence-electron chi connectivity index (χ0n) is 16.9. The monoisotopic (exact) mass is 437 g/mol. The lowest BCUT2D eigenvalue weighted by molar-refractivity contribution is 1.05. The molecule has 5 aromatic rings. The van der Waals surface area contributed by atoms with Crippen molar-refractivity contribution in [3.05, 3.63) is 91.1 Å². The molecule has 0 fully saturated rings. The molecule has 0 radical (unpaired) electrons. The van der Waals surface area contributed by atoms with Gasteiger partial charge in [-0.05, 0) is 48.6 Å². The molecule has 5 rings (SSSR count). The van der Waals surface area contributed by atoms with E-state index in [9.17, 15) is 0 Å². The summed E-state index contributed by atoms with van der Waals surface area (Å²) in [7, 11) is 0. The van der Waals surface area contributed by atoms with Crippen molar-refractivity contribution in [3.63, 3.8) is 0 Å². The van der Waals surface area contributed by atoms with Gasteiger partial charge in [-0.15, -0.1) is 10.2 Å². The molecule has 0 spiro atoms. The Morgan fingerprint density at radius 1 is 0.719 bits per heavy atom. The van der Waals surface area contributed by atoms with Crippen LogP contribution in [0.3, 0.4) is 0 Å². The Balaban J connectivity index is 1.29. The Morgan fingerprint density at radius 3 is 2.31 bits per heavy atom. The van der Waals surface area contributed by atoms with Gasteiger partial charge in [0.05, 0.1) is 28.8 Å². The number of para-hydroxylation sites is 2. The van der Waals surface area contributed by atoms with Crippen LogP contribution in [0.5, 0.6) is 0 Å². The van der Waals surface area contributed by atoms with Crippen LogP contribution in [0.4, 0.5) is 22.9 Å². The SMILES string of the molecule is S=C(Nc1ccc(-c2ccccc2)nn1)Nc1ccccc1Nc1cccc2[nH]ncc12. The fourth-order valence-corrected chi connectivity index (χ4v) is 3.57. The molecule has 0 saturated heterocycles. The van der Waals surface area contributed by atoms with E-state index in [1.54, 1.807) is 6.20 Å². The number of anilines is 4. The van der Waals surface area contributed by atoms with Crippen LogP contribution in [0.2, 0.25) is 0 Å². The predicted molar refractivity (Wildman–Crippen MR) is 133 cm³/mol. The molecule has 0 atom stereocenters. The van der Waals surface area contributed by atoms with E-state index in [2.05, 4.69) is 36.3 Å². The maximum Gasteiger partial charge on any atom is 0.176 e. The van der Waals surface area contributed by atoms with Crippen LogP contribution in [0.1, 0.15) is 0 Å². The molecule has 0 aliphatic rings. The second-order valence-corrected chi connectivity index (χ2v) is 7.46. The summed E-state index contributed by atoms with van der Waals surface area (Å²) in [5.74, 6) is 0.566. The van der Waals surface area contributed by atoms with Gasteiger partial charge in [-0.25, -0.2) is 0 Å². The first-order chi connectivity index (χ1) is 15.8. The van der Waals surface area contributed by atoms with Gasteiger partial charge in [-0.2, -0.15) is 5.10 Å². The highest BCUT2D eigenvalue weighted by Crippen LogP contribution is 2.29. The van der Waals surface area contributed by atoms with Gasteiger partial charge in [0.1, 0.15) is 0 Å². The van der Waals surface area contributed by atoms with Crippen molar-refractivity contribution in [1.29, 1.82) is 0 Å². The van der Waals surface area contributed by atoms with Crippen LogP contribution >= 0.6 is 12.2 Å². The minimum Gasteiger partial charge on any atom is -0.353 e. The molecule has 32 heavy (non-hydrogen) atoms. The molecular formula is C24H19N7S. The van der Waals surface area contributed by atoms with Crippen molar-refractivity contribution < 1.29 is 0 Å². The zero-order valence-corrected chi connectivity index (χ0v) is 17.7. The molecule has 0 aliphatic heterocycles. The Hall–Kier alpha value is -4.30. The molecule has 0 bridgehead atoms. The molecule has 2 heterocycles. The molecule has 0 amide bonds. The summed E-state index contributed by atoms with van der Waals surface area (Å²) in [4.78, 5) is 0. The first kappa shape index (κ1) is 19.7. The summed E-state index contributed by atoms with van der Waals surface area (Å²) >= 11 is 5.50. The van der Waals surface area contributed by atoms with Crippen LogP contribution in [0, 0.1) is 0 Å². The summed E-state index contributed by atoms with van der Waals surface area (Å²) in [5.41, 5.74) is 5.45. The van der Waals surface area contributed by atoms with Crippen LogP contribution in [0.25, 0.3) is 22.2 Å². The van der Waals surface area contributed by atoms with E-state index in [4.69, 9.17) is 12.2 Å². The summed E-state index contributed by atoms with van der Waals surface area (Å²) in [6.45, 7) is 0. The predicted octanol–water partition coefficient (Wildman–Crippen LogP) is 5.57. The van der Waals surface area contributed by atoms with Gasteiger partial charge < -0.3 is 16.0 Å². The van der Waals surface area contributed by atoms with E-state index in [-0.39, 0.29) is 0 Å². The quantitative estimate of drug-likeness (QED) is 0.267. The van der Waals surface area contributed by atoms with E-state index in [0.29, 0.717) is 10.9 Å². The lowest BCUT2D eigenvalue weighted by Crippen LogP contribution is -2.20. The third kappa shape index (κ3) is 4.26. The van der Waals surface area contributed by atoms with E-state index < -0.39 is 0 Å². The smallest absolute Gasteiger partial charge is 0.176 e. The summed E-state index contributed by atoms with van der Waals surface area (Å²) in [6, 6.07) is 27.5. The minimum absolute atomic E-state index is 0.419. The topological polar surface area (TPSA) is 90.5 Å². The number of aromatic amines is 1. The molecule has 156 valence electrons. The number of rotatable bonds is 5. The standard InChI is InChI=1S/C24H19N7S/c32-24(28-23-14-13-18(30-31-23)16-7-2-1-3-8-16)27-22-10-5-4-9-21(22)26-19-11-6-12-20-17(19)15-25-29-20/h1-15,26H,(H,25,29)(H2,27,28,31,32). The largest absolute Gasteiger partial charge is 0.353 e. The Bertz CT molecular complexity index is 1360. The van der Waals surface area contributed by atoms with Crippen molar-refractivity contribution in [2.45, 2.75) is 0 Å². The maximum atomic E-state index is 5.50. The second-order valence-electron chi connectivity index (χ2n) is 7.06. The van der Waals surface area contributed by atoms with E-state index >= 15 is 0 Å². The molecule has 0 saturated carbocycles. The van der Waals surface area contributed by atoms with E-state index in [1.165, 1.54) is 0 Å². The summed E-state index contributed by atoms with van der Waals surface area (Å²) in [6.07, 6.45) is 1.80. The van der Waals surface area contributed by atoms with Crippen LogP contribution in [-0.4, -0.2) is 25.5 Å². The average Bonchev–Trinajstić information content (AvgIpc) is 3.31. The van der Waals surface area contributed by atoms with Gasteiger partial charge in [0, 0.05) is 16.6 Å². The van der Waals surface area contributed by atoms with Crippen LogP contribution in [0.15, 0.2) is 91.1 Å². The highest BCUT2D eigenvalue weighted by atomic mass is 32.1. The number of aromatic nitrogens is 4. The lowest BCUT2D eigenvalue weighted by atomic mass is 10.1. The fraction of sp³-hybridized carbons (Fsp3) is 0. The van der Waals surface area contributed by atoms with Crippen molar-refractivity contribution in [1.82, 2.24) is 20.4 Å². The molecule has 3 aromatic carbocycles. The number of hydrogen-bond donors (Lipinski definition) is 4. The Kier molecular flexibility index (Phi) is 5.42. The third-order valence-electron chi connectivity index (χ3n) is 4.91. The Labute approximate surface area is 189 Å². The number of benzene rings is 3. The van der Waals surface area contributed by atoms with Crippen molar-refractivity contribution in [2.24, 2.45) is 0 Å². The van der Waals surface area contributed by atoms with Gasteiger partial charge in [0.2, 0.25) is 0 Å². The summed E-state index contributed by atoms with van der Waals surface area (Å²) < 4.78 is 0. The first-order valence-corrected chi connectivity index (χ1v) is 10.4. The zero-order chi connectivity index (χ0) is 21.8. The number of fused-ring (bicyclic) bond motifs is 1. The molecular weight excluding hydrogens is 418 g/mol. The van der Waals surface area contributed by atoms with Gasteiger partial charge in [0.25, 0.3) is 0 Å². The van der Waals surface area contributed by atoms with Crippen LogP contribution < -0.4 is 16.0 Å². The normalized spacial score (nSPS) is 10.6. The van der Waals surface area contributed by atoms with Gasteiger partial charge in [-0.3, -0.25) is 5.10 Å². The van der Waals surface area contributed by atoms with Gasteiger partial charge in [-0.1, -0.05) is 48.5 Å². The molecule has 0 aliphatic carbocycles. The molecule has 2 aromatic heterocycles. The molecule has 4 N–H and O–H groups in total. The first-order valence-electron chi connectivity index (χ1n) is 10.0. The van der Waals surface area contributed by atoms with Gasteiger partial charge >= 0.3 is 0 Å². The van der Waals surface area contributed by atoms with E-state index in [0.717, 1.165) is 39.2 Å². The third-order valence-corrected chi connectivity index (χ3v) is 5.11. The molecule has 7 nitrogen and oxygen atoms in total. The van der Waals surface area contributed by atoms with Crippen molar-refractivity contribution in [2.75, 3.05) is 16.0 Å². The lowest BCUT2D eigenvalue weighted by Gasteiger charge is -2.15. The van der Waals surface area contributed by atoms with Crippen molar-refractivity contribution in [3.8, 4) is 11.3 Å². The number of thiocarbonyl (C=S) groups is 1.